The molecular weight excluding hydrogens is 112 g/mol. The standard InChI is InChI=1S/C8H12O/c1-4-8(9)6-5-7(2)3/h4-7H,1H2,2-3H3/b6-5-. The number of carbonyl (C=O) groups is 1. The fourth-order valence-electron chi connectivity index (χ4n) is 0.355. The van der Waals surface area contributed by atoms with Crippen LogP contribution in [0, 0.1) is 5.92 Å². The van der Waals surface area contributed by atoms with Gasteiger partial charge in [0.05, 0.1) is 0 Å². The van der Waals surface area contributed by atoms with Gasteiger partial charge in [-0.25, -0.2) is 0 Å². The summed E-state index contributed by atoms with van der Waals surface area (Å²) in [6.45, 7) is 7.38. The van der Waals surface area contributed by atoms with Gasteiger partial charge in [-0.1, -0.05) is 26.5 Å². The van der Waals surface area contributed by atoms with Gasteiger partial charge in [-0.05, 0) is 18.1 Å². The summed E-state index contributed by atoms with van der Waals surface area (Å²) in [4.78, 5) is 10.5. The second-order valence-corrected chi connectivity index (χ2v) is 2.21. The van der Waals surface area contributed by atoms with Crippen molar-refractivity contribution < 1.29 is 4.79 Å². The minimum absolute atomic E-state index is 0.0244. The van der Waals surface area contributed by atoms with Gasteiger partial charge in [0.25, 0.3) is 0 Å². The van der Waals surface area contributed by atoms with Gasteiger partial charge in [0.1, 0.15) is 0 Å². The lowest BCUT2D eigenvalue weighted by Gasteiger charge is -1.89. The summed E-state index contributed by atoms with van der Waals surface area (Å²) in [5.74, 6) is 0.414. The molecule has 0 saturated heterocycles. The summed E-state index contributed by atoms with van der Waals surface area (Å²) in [6, 6.07) is 0. The van der Waals surface area contributed by atoms with Crippen molar-refractivity contribution >= 4 is 5.78 Å². The van der Waals surface area contributed by atoms with Crippen molar-refractivity contribution in [3.8, 4) is 0 Å². The second kappa shape index (κ2) is 4.07. The summed E-state index contributed by atoms with van der Waals surface area (Å²) in [5.41, 5.74) is 0. The molecule has 0 aliphatic carbocycles. The molecule has 1 heteroatoms. The van der Waals surface area contributed by atoms with Gasteiger partial charge in [0, 0.05) is 0 Å². The Morgan fingerprint density at radius 3 is 2.44 bits per heavy atom. The molecule has 0 aliphatic heterocycles. The molecule has 0 aliphatic rings. The van der Waals surface area contributed by atoms with E-state index in [-0.39, 0.29) is 5.78 Å². The van der Waals surface area contributed by atoms with Crippen LogP contribution in [0.2, 0.25) is 0 Å². The van der Waals surface area contributed by atoms with Crippen molar-refractivity contribution in [2.45, 2.75) is 13.8 Å². The number of carbonyl (C=O) groups excluding carboxylic acids is 1. The van der Waals surface area contributed by atoms with Gasteiger partial charge < -0.3 is 0 Å². The Bertz CT molecular complexity index is 132. The van der Waals surface area contributed by atoms with Crippen LogP contribution in [-0.2, 0) is 4.79 Å². The van der Waals surface area contributed by atoms with Crippen LogP contribution >= 0.6 is 0 Å². The molecule has 0 radical (unpaired) electrons. The van der Waals surface area contributed by atoms with E-state index >= 15 is 0 Å². The van der Waals surface area contributed by atoms with Crippen molar-refractivity contribution in [1.82, 2.24) is 0 Å². The van der Waals surface area contributed by atoms with Crippen LogP contribution in [0.1, 0.15) is 13.8 Å². The van der Waals surface area contributed by atoms with Crippen LogP contribution in [0.15, 0.2) is 24.8 Å². The first-order chi connectivity index (χ1) is 4.16. The molecule has 0 saturated carbocycles. The average Bonchev–Trinajstić information content (AvgIpc) is 1.83. The van der Waals surface area contributed by atoms with E-state index in [1.165, 1.54) is 12.2 Å². The van der Waals surface area contributed by atoms with Crippen LogP contribution in [0.4, 0.5) is 0 Å². The zero-order valence-corrected chi connectivity index (χ0v) is 5.92. The molecule has 0 aromatic rings. The molecule has 0 atom stereocenters. The molecule has 0 spiro atoms. The quantitative estimate of drug-likeness (QED) is 0.525. The van der Waals surface area contributed by atoms with E-state index in [1.54, 1.807) is 0 Å². The SMILES string of the molecule is C=CC(=O)/C=C\C(C)C. The maximum atomic E-state index is 10.5. The van der Waals surface area contributed by atoms with E-state index in [9.17, 15) is 4.79 Å². The van der Waals surface area contributed by atoms with Crippen LogP contribution in [0.5, 0.6) is 0 Å². The Morgan fingerprint density at radius 1 is 1.56 bits per heavy atom. The first-order valence-electron chi connectivity index (χ1n) is 3.01. The molecule has 0 aromatic carbocycles. The topological polar surface area (TPSA) is 17.1 Å². The second-order valence-electron chi connectivity index (χ2n) is 2.21. The maximum Gasteiger partial charge on any atom is 0.177 e. The molecule has 0 fully saturated rings. The molecule has 0 amide bonds. The van der Waals surface area contributed by atoms with Crippen molar-refractivity contribution in [2.24, 2.45) is 5.92 Å². The van der Waals surface area contributed by atoms with Gasteiger partial charge in [-0.3, -0.25) is 4.79 Å². The van der Waals surface area contributed by atoms with E-state index in [2.05, 4.69) is 6.58 Å². The molecule has 0 heterocycles. The maximum absolute atomic E-state index is 10.5. The first kappa shape index (κ1) is 8.15. The third-order valence-corrected chi connectivity index (χ3v) is 0.847. The van der Waals surface area contributed by atoms with Gasteiger partial charge >= 0.3 is 0 Å². The summed E-state index contributed by atoms with van der Waals surface area (Å²) in [7, 11) is 0. The van der Waals surface area contributed by atoms with Crippen LogP contribution in [0.25, 0.3) is 0 Å². The molecule has 0 rings (SSSR count). The van der Waals surface area contributed by atoms with E-state index in [0.29, 0.717) is 5.92 Å². The number of rotatable bonds is 3. The normalized spacial score (nSPS) is 10.6. The third-order valence-electron chi connectivity index (χ3n) is 0.847. The lowest BCUT2D eigenvalue weighted by atomic mass is 10.2. The van der Waals surface area contributed by atoms with Gasteiger partial charge in [0.2, 0.25) is 0 Å². The molecule has 0 aromatic heterocycles. The Kier molecular flexibility index (Phi) is 3.69. The highest BCUT2D eigenvalue weighted by atomic mass is 16.1. The summed E-state index contributed by atoms with van der Waals surface area (Å²) >= 11 is 0. The molecule has 0 bridgehead atoms. The zero-order valence-electron chi connectivity index (χ0n) is 5.92. The molecule has 0 unspecified atom stereocenters. The molecule has 9 heavy (non-hydrogen) atoms. The average molecular weight is 124 g/mol. The summed E-state index contributed by atoms with van der Waals surface area (Å²) in [5, 5.41) is 0. The van der Waals surface area contributed by atoms with Gasteiger partial charge in [-0.2, -0.15) is 0 Å². The van der Waals surface area contributed by atoms with Crippen molar-refractivity contribution in [3.05, 3.63) is 24.8 Å². The van der Waals surface area contributed by atoms with Gasteiger partial charge in [-0.15, -0.1) is 0 Å². The van der Waals surface area contributed by atoms with Crippen molar-refractivity contribution in [1.29, 1.82) is 0 Å². The minimum atomic E-state index is -0.0244. The fourth-order valence-corrected chi connectivity index (χ4v) is 0.355. The predicted octanol–water partition coefficient (Wildman–Crippen LogP) is 1.95. The number of hydrogen-bond acceptors (Lipinski definition) is 1. The van der Waals surface area contributed by atoms with Crippen LogP contribution in [0.3, 0.4) is 0 Å². The molecule has 0 N–H and O–H groups in total. The first-order valence-corrected chi connectivity index (χ1v) is 3.01. The largest absolute Gasteiger partial charge is 0.290 e. The Hall–Kier alpha value is -0.850. The van der Waals surface area contributed by atoms with Crippen molar-refractivity contribution in [2.75, 3.05) is 0 Å². The summed E-state index contributed by atoms with van der Waals surface area (Å²) in [6.07, 6.45) is 4.70. The molecular formula is C8H12O. The van der Waals surface area contributed by atoms with Crippen molar-refractivity contribution in [3.63, 3.8) is 0 Å². The Balaban J connectivity index is 3.70. The van der Waals surface area contributed by atoms with Gasteiger partial charge in [0.15, 0.2) is 5.78 Å². The number of hydrogen-bond donors (Lipinski definition) is 0. The Morgan fingerprint density at radius 2 is 2.11 bits per heavy atom. The predicted molar refractivity (Wildman–Crippen MR) is 39.2 cm³/mol. The minimum Gasteiger partial charge on any atom is -0.290 e. The highest BCUT2D eigenvalue weighted by molar-refractivity contribution is 5.98. The lowest BCUT2D eigenvalue weighted by molar-refractivity contribution is -0.110. The third kappa shape index (κ3) is 5.01. The zero-order chi connectivity index (χ0) is 7.28. The van der Waals surface area contributed by atoms with E-state index < -0.39 is 0 Å². The van der Waals surface area contributed by atoms with E-state index in [0.717, 1.165) is 0 Å². The highest BCUT2D eigenvalue weighted by Crippen LogP contribution is 1.92. The number of allylic oxidation sites excluding steroid dienone is 3. The van der Waals surface area contributed by atoms with E-state index in [1.807, 2.05) is 19.9 Å². The highest BCUT2D eigenvalue weighted by Gasteiger charge is 1.86. The molecule has 50 valence electrons. The monoisotopic (exact) mass is 124 g/mol. The Labute approximate surface area is 56.1 Å². The smallest absolute Gasteiger partial charge is 0.177 e. The van der Waals surface area contributed by atoms with Crippen LogP contribution in [-0.4, -0.2) is 5.78 Å². The molecule has 1 nitrogen and oxygen atoms in total. The lowest BCUT2D eigenvalue weighted by Crippen LogP contribution is -1.85. The fraction of sp³-hybridized carbons (Fsp3) is 0.375. The summed E-state index contributed by atoms with van der Waals surface area (Å²) < 4.78 is 0. The van der Waals surface area contributed by atoms with E-state index in [4.69, 9.17) is 0 Å². The van der Waals surface area contributed by atoms with Crippen LogP contribution < -0.4 is 0 Å². The number of ketones is 1.